The summed E-state index contributed by atoms with van der Waals surface area (Å²) in [6.45, 7) is 1.76. The van der Waals surface area contributed by atoms with Crippen LogP contribution in [-0.4, -0.2) is 8.42 Å². The van der Waals surface area contributed by atoms with Crippen molar-refractivity contribution in [2.75, 3.05) is 10.5 Å². The van der Waals surface area contributed by atoms with Gasteiger partial charge >= 0.3 is 0 Å². The Labute approximate surface area is 131 Å². The highest BCUT2D eigenvalue weighted by atomic mass is 79.9. The highest BCUT2D eigenvalue weighted by Gasteiger charge is 2.15. The Morgan fingerprint density at radius 2 is 1.90 bits per heavy atom. The van der Waals surface area contributed by atoms with Gasteiger partial charge in [-0.1, -0.05) is 11.6 Å². The summed E-state index contributed by atoms with van der Waals surface area (Å²) in [7, 11) is -3.65. The monoisotopic (exact) mass is 374 g/mol. The van der Waals surface area contributed by atoms with E-state index in [1.807, 2.05) is 0 Å². The molecule has 0 aliphatic heterocycles. The molecule has 0 aromatic heterocycles. The molecule has 0 saturated heterocycles. The Kier molecular flexibility index (Phi) is 4.27. The zero-order valence-electron chi connectivity index (χ0n) is 10.5. The van der Waals surface area contributed by atoms with Crippen molar-refractivity contribution in [2.24, 2.45) is 0 Å². The smallest absolute Gasteiger partial charge is 0.261 e. The zero-order chi connectivity index (χ0) is 14.9. The minimum Gasteiger partial charge on any atom is -0.399 e. The van der Waals surface area contributed by atoms with E-state index >= 15 is 0 Å². The molecule has 0 saturated carbocycles. The molecule has 106 valence electrons. The third kappa shape index (κ3) is 3.26. The van der Waals surface area contributed by atoms with E-state index in [-0.39, 0.29) is 4.90 Å². The Hall–Kier alpha value is -1.24. The molecule has 0 atom stereocenters. The normalized spacial score (nSPS) is 11.3. The first-order chi connectivity index (χ1) is 9.29. The van der Waals surface area contributed by atoms with E-state index in [0.717, 1.165) is 0 Å². The number of nitrogens with one attached hydrogen (secondary N) is 1. The summed E-state index contributed by atoms with van der Waals surface area (Å²) in [6.07, 6.45) is 0. The summed E-state index contributed by atoms with van der Waals surface area (Å²) >= 11 is 9.12. The number of aryl methyl sites for hydroxylation is 1. The molecule has 0 aliphatic carbocycles. The van der Waals surface area contributed by atoms with Crippen LogP contribution < -0.4 is 10.5 Å². The van der Waals surface area contributed by atoms with Crippen LogP contribution in [0.3, 0.4) is 0 Å². The van der Waals surface area contributed by atoms with Crippen molar-refractivity contribution >= 4 is 48.9 Å². The molecule has 2 rings (SSSR count). The van der Waals surface area contributed by atoms with Gasteiger partial charge in [-0.25, -0.2) is 8.42 Å². The fourth-order valence-corrected chi connectivity index (χ4v) is 3.22. The third-order valence-corrected chi connectivity index (χ3v) is 5.32. The molecule has 0 amide bonds. The predicted molar refractivity (Wildman–Crippen MR) is 85.6 cm³/mol. The van der Waals surface area contributed by atoms with E-state index in [2.05, 4.69) is 20.7 Å². The van der Waals surface area contributed by atoms with Crippen LogP contribution in [0.4, 0.5) is 11.4 Å². The lowest BCUT2D eigenvalue weighted by Gasteiger charge is -2.10. The Morgan fingerprint density at radius 3 is 2.50 bits per heavy atom. The van der Waals surface area contributed by atoms with Gasteiger partial charge in [-0.15, -0.1) is 0 Å². The number of rotatable bonds is 3. The lowest BCUT2D eigenvalue weighted by molar-refractivity contribution is 0.601. The summed E-state index contributed by atoms with van der Waals surface area (Å²) in [5.74, 6) is 0. The van der Waals surface area contributed by atoms with Gasteiger partial charge < -0.3 is 5.73 Å². The minimum atomic E-state index is -3.65. The number of nitrogens with two attached hydrogens (primary N) is 1. The second-order valence-electron chi connectivity index (χ2n) is 4.25. The van der Waals surface area contributed by atoms with Crippen molar-refractivity contribution in [1.82, 2.24) is 0 Å². The van der Waals surface area contributed by atoms with Crippen LogP contribution in [0.25, 0.3) is 0 Å². The second-order valence-corrected chi connectivity index (χ2v) is 7.20. The number of hydrogen-bond donors (Lipinski definition) is 2. The van der Waals surface area contributed by atoms with Crippen molar-refractivity contribution in [3.05, 3.63) is 51.5 Å². The van der Waals surface area contributed by atoms with E-state index in [1.54, 1.807) is 31.2 Å². The molecule has 2 aromatic rings. The lowest BCUT2D eigenvalue weighted by Crippen LogP contribution is -2.13. The van der Waals surface area contributed by atoms with Crippen molar-refractivity contribution in [3.63, 3.8) is 0 Å². The first-order valence-electron chi connectivity index (χ1n) is 5.63. The summed E-state index contributed by atoms with van der Waals surface area (Å²) in [6, 6.07) is 9.37. The quantitative estimate of drug-likeness (QED) is 0.802. The second kappa shape index (κ2) is 5.63. The summed E-state index contributed by atoms with van der Waals surface area (Å²) in [4.78, 5) is 0.162. The van der Waals surface area contributed by atoms with Gasteiger partial charge in [0.25, 0.3) is 10.0 Å². The molecular formula is C13H12BrClN2O2S. The lowest BCUT2D eigenvalue weighted by atomic mass is 10.2. The van der Waals surface area contributed by atoms with Gasteiger partial charge in [0.15, 0.2) is 0 Å². The molecule has 0 aliphatic rings. The molecule has 4 nitrogen and oxygen atoms in total. The van der Waals surface area contributed by atoms with Crippen LogP contribution in [0, 0.1) is 6.92 Å². The van der Waals surface area contributed by atoms with Gasteiger partial charge in [-0.2, -0.15) is 0 Å². The average molecular weight is 376 g/mol. The first kappa shape index (κ1) is 15.2. The number of sulfonamides is 1. The van der Waals surface area contributed by atoms with Gasteiger partial charge in [0, 0.05) is 10.2 Å². The molecule has 0 spiro atoms. The Morgan fingerprint density at radius 1 is 1.20 bits per heavy atom. The Bertz CT molecular complexity index is 763. The number of benzene rings is 2. The van der Waals surface area contributed by atoms with E-state index in [4.69, 9.17) is 17.3 Å². The van der Waals surface area contributed by atoms with Crippen LogP contribution in [0.15, 0.2) is 45.8 Å². The minimum absolute atomic E-state index is 0.162. The van der Waals surface area contributed by atoms with Gasteiger partial charge in [0.1, 0.15) is 0 Å². The van der Waals surface area contributed by atoms with Gasteiger partial charge in [0.2, 0.25) is 0 Å². The zero-order valence-corrected chi connectivity index (χ0v) is 13.7. The summed E-state index contributed by atoms with van der Waals surface area (Å²) in [5.41, 5.74) is 7.38. The number of halogens is 2. The summed E-state index contributed by atoms with van der Waals surface area (Å²) in [5, 5.41) is 0.510. The first-order valence-corrected chi connectivity index (χ1v) is 8.29. The van der Waals surface area contributed by atoms with Crippen molar-refractivity contribution in [2.45, 2.75) is 11.8 Å². The van der Waals surface area contributed by atoms with E-state index in [0.29, 0.717) is 26.4 Å². The van der Waals surface area contributed by atoms with Crippen LogP contribution in [0.2, 0.25) is 5.02 Å². The standard InChI is InChI=1S/C13H12BrClN2O2S/c1-8-6-10(3-5-13(8)16)20(18,19)17-9-2-4-12(15)11(14)7-9/h2-7,17H,16H2,1H3. The fraction of sp³-hybridized carbons (Fsp3) is 0.0769. The molecule has 0 heterocycles. The van der Waals surface area contributed by atoms with Crippen LogP contribution in [0.1, 0.15) is 5.56 Å². The van der Waals surface area contributed by atoms with Crippen LogP contribution in [0.5, 0.6) is 0 Å². The number of hydrogen-bond acceptors (Lipinski definition) is 3. The third-order valence-electron chi connectivity index (χ3n) is 2.72. The molecule has 0 unspecified atom stereocenters. The van der Waals surface area contributed by atoms with Crippen molar-refractivity contribution < 1.29 is 8.42 Å². The largest absolute Gasteiger partial charge is 0.399 e. The number of nitrogen functional groups attached to an aromatic ring is 1. The predicted octanol–water partition coefficient (Wildman–Crippen LogP) is 3.79. The average Bonchev–Trinajstić information content (AvgIpc) is 2.37. The SMILES string of the molecule is Cc1cc(S(=O)(=O)Nc2ccc(Cl)c(Br)c2)ccc1N. The van der Waals surface area contributed by atoms with Crippen molar-refractivity contribution in [3.8, 4) is 0 Å². The van der Waals surface area contributed by atoms with Gasteiger partial charge in [0.05, 0.1) is 15.6 Å². The topological polar surface area (TPSA) is 72.2 Å². The summed E-state index contributed by atoms with van der Waals surface area (Å²) < 4.78 is 27.6. The molecule has 20 heavy (non-hydrogen) atoms. The molecule has 0 fully saturated rings. The van der Waals surface area contributed by atoms with Gasteiger partial charge in [-0.3, -0.25) is 4.72 Å². The van der Waals surface area contributed by atoms with E-state index in [9.17, 15) is 8.42 Å². The van der Waals surface area contributed by atoms with Crippen LogP contribution in [-0.2, 0) is 10.0 Å². The highest BCUT2D eigenvalue weighted by molar-refractivity contribution is 9.10. The maximum atomic E-state index is 12.3. The van der Waals surface area contributed by atoms with E-state index in [1.165, 1.54) is 12.1 Å². The Balaban J connectivity index is 2.35. The highest BCUT2D eigenvalue weighted by Crippen LogP contribution is 2.27. The maximum Gasteiger partial charge on any atom is 0.261 e. The molecule has 0 bridgehead atoms. The van der Waals surface area contributed by atoms with E-state index < -0.39 is 10.0 Å². The fourth-order valence-electron chi connectivity index (χ4n) is 1.59. The maximum absolute atomic E-state index is 12.3. The molecule has 7 heteroatoms. The van der Waals surface area contributed by atoms with Gasteiger partial charge in [-0.05, 0) is 64.8 Å². The molecular weight excluding hydrogens is 364 g/mol. The van der Waals surface area contributed by atoms with Crippen LogP contribution >= 0.6 is 27.5 Å². The number of anilines is 2. The molecule has 0 radical (unpaired) electrons. The molecule has 2 aromatic carbocycles. The van der Waals surface area contributed by atoms with Crippen molar-refractivity contribution in [1.29, 1.82) is 0 Å². The molecule has 3 N–H and O–H groups in total.